The predicted octanol–water partition coefficient (Wildman–Crippen LogP) is -0.254. The van der Waals surface area contributed by atoms with E-state index in [4.69, 9.17) is 9.84 Å². The van der Waals surface area contributed by atoms with E-state index in [1.807, 2.05) is 6.92 Å². The molecule has 1 heterocycles. The standard InChI is InChI=1S/C15H28O7/c1-3-4-5-9(8(2)6-11(17)18)15-14(21)13(20)12(19)10(7-16)22-15/h8-10,12-16,19-21H,3-7H2,1-2H3,(H,17,18)/t8-,9-,10+,12+,13-,14+,15-/m0/s1. The van der Waals surface area contributed by atoms with E-state index in [2.05, 4.69) is 0 Å². The van der Waals surface area contributed by atoms with Crippen LogP contribution in [0, 0.1) is 11.8 Å². The quantitative estimate of drug-likeness (QED) is 0.417. The van der Waals surface area contributed by atoms with Gasteiger partial charge in [0.15, 0.2) is 0 Å². The van der Waals surface area contributed by atoms with Crippen molar-refractivity contribution in [1.29, 1.82) is 0 Å². The molecule has 1 saturated heterocycles. The average Bonchev–Trinajstić information content (AvgIpc) is 2.46. The summed E-state index contributed by atoms with van der Waals surface area (Å²) in [6.45, 7) is 3.30. The van der Waals surface area contributed by atoms with Crippen LogP contribution in [-0.2, 0) is 9.53 Å². The highest BCUT2D eigenvalue weighted by atomic mass is 16.5. The molecule has 1 aliphatic rings. The van der Waals surface area contributed by atoms with Crippen LogP contribution < -0.4 is 0 Å². The van der Waals surface area contributed by atoms with Gasteiger partial charge < -0.3 is 30.3 Å². The number of carboxylic acids is 1. The molecule has 1 fully saturated rings. The smallest absolute Gasteiger partial charge is 0.303 e. The Kier molecular flexibility index (Phi) is 7.71. The minimum Gasteiger partial charge on any atom is -0.481 e. The first-order valence-corrected chi connectivity index (χ1v) is 7.85. The van der Waals surface area contributed by atoms with Crippen molar-refractivity contribution in [2.24, 2.45) is 11.8 Å². The van der Waals surface area contributed by atoms with Crippen LogP contribution in [0.4, 0.5) is 0 Å². The normalized spacial score (nSPS) is 35.1. The second kappa shape index (κ2) is 8.79. The number of unbranched alkanes of at least 4 members (excludes halogenated alkanes) is 1. The first-order valence-electron chi connectivity index (χ1n) is 7.85. The van der Waals surface area contributed by atoms with E-state index in [-0.39, 0.29) is 18.3 Å². The Balaban J connectivity index is 2.92. The molecule has 0 bridgehead atoms. The summed E-state index contributed by atoms with van der Waals surface area (Å²) in [4.78, 5) is 11.0. The zero-order valence-electron chi connectivity index (χ0n) is 13.1. The third-order valence-corrected chi connectivity index (χ3v) is 4.47. The second-order valence-electron chi connectivity index (χ2n) is 6.17. The molecule has 0 saturated carbocycles. The van der Waals surface area contributed by atoms with E-state index in [9.17, 15) is 25.2 Å². The van der Waals surface area contributed by atoms with Crippen LogP contribution in [0.1, 0.15) is 39.5 Å². The molecule has 0 unspecified atom stereocenters. The number of carbonyl (C=O) groups is 1. The molecule has 0 spiro atoms. The van der Waals surface area contributed by atoms with E-state index in [0.29, 0.717) is 6.42 Å². The topological polar surface area (TPSA) is 127 Å². The molecule has 0 radical (unpaired) electrons. The van der Waals surface area contributed by atoms with Gasteiger partial charge in [-0.3, -0.25) is 4.79 Å². The van der Waals surface area contributed by atoms with Crippen molar-refractivity contribution in [3.63, 3.8) is 0 Å². The second-order valence-corrected chi connectivity index (χ2v) is 6.17. The fraction of sp³-hybridized carbons (Fsp3) is 0.933. The largest absolute Gasteiger partial charge is 0.481 e. The maximum absolute atomic E-state index is 11.0. The third kappa shape index (κ3) is 4.63. The van der Waals surface area contributed by atoms with Crippen LogP contribution in [0.2, 0.25) is 0 Å². The summed E-state index contributed by atoms with van der Waals surface area (Å²) in [7, 11) is 0. The van der Waals surface area contributed by atoms with E-state index in [0.717, 1.165) is 12.8 Å². The summed E-state index contributed by atoms with van der Waals surface area (Å²) in [5, 5.41) is 48.2. The van der Waals surface area contributed by atoms with E-state index < -0.39 is 43.1 Å². The molecule has 7 nitrogen and oxygen atoms in total. The Bertz CT molecular complexity index is 347. The lowest BCUT2D eigenvalue weighted by molar-refractivity contribution is -0.245. The van der Waals surface area contributed by atoms with Crippen LogP contribution >= 0.6 is 0 Å². The summed E-state index contributed by atoms with van der Waals surface area (Å²) >= 11 is 0. The fourth-order valence-corrected chi connectivity index (χ4v) is 3.12. The molecule has 0 aliphatic carbocycles. The van der Waals surface area contributed by atoms with Crippen LogP contribution in [0.3, 0.4) is 0 Å². The fourth-order valence-electron chi connectivity index (χ4n) is 3.12. The Morgan fingerprint density at radius 1 is 1.18 bits per heavy atom. The van der Waals surface area contributed by atoms with Crippen molar-refractivity contribution in [3.05, 3.63) is 0 Å². The van der Waals surface area contributed by atoms with Gasteiger partial charge in [-0.25, -0.2) is 0 Å². The number of ether oxygens (including phenoxy) is 1. The molecule has 22 heavy (non-hydrogen) atoms. The SMILES string of the molecule is CCCC[C@H]([C@@H]1O[C@H](CO)[C@@H](O)[C@H](O)[C@H]1O)[C@@H](C)CC(=O)O. The number of hydrogen-bond donors (Lipinski definition) is 5. The highest BCUT2D eigenvalue weighted by Crippen LogP contribution is 2.34. The Morgan fingerprint density at radius 3 is 2.32 bits per heavy atom. The molecule has 0 aromatic rings. The number of rotatable bonds is 8. The summed E-state index contributed by atoms with van der Waals surface area (Å²) in [5.74, 6) is -1.47. The monoisotopic (exact) mass is 320 g/mol. The predicted molar refractivity (Wildman–Crippen MR) is 78.2 cm³/mol. The van der Waals surface area contributed by atoms with Crippen molar-refractivity contribution in [2.75, 3.05) is 6.61 Å². The van der Waals surface area contributed by atoms with Gasteiger partial charge in [0.1, 0.15) is 24.4 Å². The number of aliphatic carboxylic acids is 1. The summed E-state index contributed by atoms with van der Waals surface area (Å²) < 4.78 is 5.59. The van der Waals surface area contributed by atoms with Crippen molar-refractivity contribution in [3.8, 4) is 0 Å². The van der Waals surface area contributed by atoms with Crippen molar-refractivity contribution < 1.29 is 35.1 Å². The van der Waals surface area contributed by atoms with Gasteiger partial charge in [-0.05, 0) is 18.3 Å². The minimum atomic E-state index is -1.42. The zero-order chi connectivity index (χ0) is 16.9. The average molecular weight is 320 g/mol. The van der Waals surface area contributed by atoms with Crippen molar-refractivity contribution >= 4 is 5.97 Å². The molecule has 5 N–H and O–H groups in total. The molecule has 7 heteroatoms. The zero-order valence-corrected chi connectivity index (χ0v) is 13.1. The molecule has 1 aliphatic heterocycles. The third-order valence-electron chi connectivity index (χ3n) is 4.47. The number of aliphatic hydroxyl groups excluding tert-OH is 4. The Labute approximate surface area is 130 Å². The maximum Gasteiger partial charge on any atom is 0.303 e. The van der Waals surface area contributed by atoms with Crippen LogP contribution in [-0.4, -0.2) is 68.6 Å². The molecular formula is C15H28O7. The van der Waals surface area contributed by atoms with Gasteiger partial charge in [0, 0.05) is 6.42 Å². The van der Waals surface area contributed by atoms with Crippen LogP contribution in [0.5, 0.6) is 0 Å². The van der Waals surface area contributed by atoms with Crippen molar-refractivity contribution in [1.82, 2.24) is 0 Å². The van der Waals surface area contributed by atoms with Gasteiger partial charge in [-0.15, -0.1) is 0 Å². The molecule has 7 atom stereocenters. The lowest BCUT2D eigenvalue weighted by atomic mass is 9.77. The summed E-state index contributed by atoms with van der Waals surface area (Å²) in [6, 6.07) is 0. The highest BCUT2D eigenvalue weighted by molar-refractivity contribution is 5.67. The van der Waals surface area contributed by atoms with Gasteiger partial charge in [0.2, 0.25) is 0 Å². The molecule has 1 rings (SSSR count). The van der Waals surface area contributed by atoms with Gasteiger partial charge in [-0.1, -0.05) is 26.7 Å². The number of aliphatic hydroxyl groups is 4. The molecule has 0 amide bonds. The molecule has 0 aromatic carbocycles. The first-order chi connectivity index (χ1) is 10.3. The van der Waals surface area contributed by atoms with E-state index in [1.54, 1.807) is 6.92 Å². The first kappa shape index (κ1) is 19.3. The van der Waals surface area contributed by atoms with Crippen LogP contribution in [0.15, 0.2) is 0 Å². The van der Waals surface area contributed by atoms with Crippen LogP contribution in [0.25, 0.3) is 0 Å². The number of carboxylic acid groups (broad SMARTS) is 1. The van der Waals surface area contributed by atoms with Gasteiger partial charge in [-0.2, -0.15) is 0 Å². The lowest BCUT2D eigenvalue weighted by Crippen LogP contribution is -2.61. The van der Waals surface area contributed by atoms with Gasteiger partial charge in [0.05, 0.1) is 12.7 Å². The van der Waals surface area contributed by atoms with Crippen molar-refractivity contribution in [2.45, 2.75) is 70.1 Å². The summed E-state index contributed by atoms with van der Waals surface area (Å²) in [5.41, 5.74) is 0. The maximum atomic E-state index is 11.0. The molecular weight excluding hydrogens is 292 g/mol. The Morgan fingerprint density at radius 2 is 1.82 bits per heavy atom. The highest BCUT2D eigenvalue weighted by Gasteiger charge is 2.47. The van der Waals surface area contributed by atoms with Gasteiger partial charge >= 0.3 is 5.97 Å². The Hall–Kier alpha value is -0.730. The number of hydrogen-bond acceptors (Lipinski definition) is 6. The lowest BCUT2D eigenvalue weighted by Gasteiger charge is -2.44. The molecule has 130 valence electrons. The summed E-state index contributed by atoms with van der Waals surface area (Å²) in [6.07, 6.45) is -3.55. The van der Waals surface area contributed by atoms with E-state index >= 15 is 0 Å². The minimum absolute atomic E-state index is 0.0661. The van der Waals surface area contributed by atoms with Gasteiger partial charge in [0.25, 0.3) is 0 Å². The molecule has 0 aromatic heterocycles. The van der Waals surface area contributed by atoms with E-state index in [1.165, 1.54) is 0 Å².